The number of amides is 1. The molecule has 8 nitrogen and oxygen atoms in total. The van der Waals surface area contributed by atoms with E-state index in [1.165, 1.54) is 22.5 Å². The second-order valence-corrected chi connectivity index (χ2v) is 9.36. The van der Waals surface area contributed by atoms with Crippen molar-refractivity contribution >= 4 is 27.6 Å². The molecule has 0 radical (unpaired) electrons. The number of rotatable bonds is 6. The number of carbonyl (C=O) groups is 2. The third kappa shape index (κ3) is 5.11. The van der Waals surface area contributed by atoms with Gasteiger partial charge >= 0.3 is 5.97 Å². The maximum Gasteiger partial charge on any atom is 0.339 e. The zero-order valence-electron chi connectivity index (χ0n) is 18.0. The van der Waals surface area contributed by atoms with E-state index in [2.05, 4.69) is 10.3 Å². The van der Waals surface area contributed by atoms with E-state index in [-0.39, 0.29) is 17.2 Å². The molecule has 1 N–H and O–H groups in total. The van der Waals surface area contributed by atoms with Crippen molar-refractivity contribution in [2.24, 2.45) is 0 Å². The van der Waals surface area contributed by atoms with Crippen molar-refractivity contribution in [2.45, 2.75) is 44.9 Å². The smallest absolute Gasteiger partial charge is 0.339 e. The number of piperidine rings is 1. The lowest BCUT2D eigenvalue weighted by Gasteiger charge is -2.26. The predicted molar refractivity (Wildman–Crippen MR) is 117 cm³/mol. The Morgan fingerprint density at radius 1 is 1.10 bits per heavy atom. The minimum atomic E-state index is -3.63. The highest BCUT2D eigenvalue weighted by Crippen LogP contribution is 2.26. The van der Waals surface area contributed by atoms with Crippen molar-refractivity contribution < 1.29 is 22.7 Å². The molecule has 0 spiro atoms. The standard InChI is InChI=1S/C22H27N3O5S/c1-4-30-22(27)18-10-11-19(23-16(18)3)21(26)24-17-9-8-15(2)20(14-17)31(28,29)25-12-6-5-7-13-25/h8-11,14H,4-7,12-13H2,1-3H3,(H,24,26). The molecule has 9 heteroatoms. The number of nitrogens with one attached hydrogen (secondary N) is 1. The number of benzene rings is 1. The molecular weight excluding hydrogens is 418 g/mol. The summed E-state index contributed by atoms with van der Waals surface area (Å²) in [6.45, 7) is 6.34. The molecule has 2 aromatic rings. The third-order valence-corrected chi connectivity index (χ3v) is 7.23. The number of ether oxygens (including phenoxy) is 1. The highest BCUT2D eigenvalue weighted by molar-refractivity contribution is 7.89. The van der Waals surface area contributed by atoms with Gasteiger partial charge in [-0.15, -0.1) is 0 Å². The van der Waals surface area contributed by atoms with Crippen LogP contribution in [0.5, 0.6) is 0 Å². The highest BCUT2D eigenvalue weighted by atomic mass is 32.2. The van der Waals surface area contributed by atoms with Gasteiger partial charge in [0, 0.05) is 18.8 Å². The van der Waals surface area contributed by atoms with Crippen molar-refractivity contribution in [3.05, 3.63) is 52.8 Å². The van der Waals surface area contributed by atoms with Crippen LogP contribution in [0.1, 0.15) is 58.3 Å². The summed E-state index contributed by atoms with van der Waals surface area (Å²) in [5.41, 5.74) is 1.77. The predicted octanol–water partition coefficient (Wildman–Crippen LogP) is 3.30. The Kier molecular flexibility index (Phi) is 7.07. The Morgan fingerprint density at radius 2 is 1.81 bits per heavy atom. The summed E-state index contributed by atoms with van der Waals surface area (Å²) in [6.07, 6.45) is 2.73. The topological polar surface area (TPSA) is 106 Å². The van der Waals surface area contributed by atoms with E-state index < -0.39 is 21.9 Å². The van der Waals surface area contributed by atoms with Crippen molar-refractivity contribution in [3.63, 3.8) is 0 Å². The number of nitrogens with zero attached hydrogens (tertiary/aromatic N) is 2. The molecule has 1 aliphatic heterocycles. The molecule has 1 fully saturated rings. The number of hydrogen-bond donors (Lipinski definition) is 1. The number of pyridine rings is 1. The monoisotopic (exact) mass is 445 g/mol. The molecule has 1 amide bonds. The highest BCUT2D eigenvalue weighted by Gasteiger charge is 2.27. The molecule has 1 aromatic carbocycles. The van der Waals surface area contributed by atoms with Crippen molar-refractivity contribution in [1.29, 1.82) is 0 Å². The lowest BCUT2D eigenvalue weighted by atomic mass is 10.1. The van der Waals surface area contributed by atoms with Crippen LogP contribution in [0, 0.1) is 13.8 Å². The summed E-state index contributed by atoms with van der Waals surface area (Å²) in [4.78, 5) is 29.0. The van der Waals surface area contributed by atoms with Crippen molar-refractivity contribution in [2.75, 3.05) is 25.0 Å². The van der Waals surface area contributed by atoms with Crippen LogP contribution >= 0.6 is 0 Å². The first kappa shape index (κ1) is 22.9. The van der Waals surface area contributed by atoms with Gasteiger partial charge in [-0.05, 0) is 63.4 Å². The van der Waals surface area contributed by atoms with E-state index in [4.69, 9.17) is 4.74 Å². The van der Waals surface area contributed by atoms with Gasteiger partial charge in [0.15, 0.2) is 0 Å². The molecule has 1 aromatic heterocycles. The lowest BCUT2D eigenvalue weighted by molar-refractivity contribution is 0.0524. The van der Waals surface area contributed by atoms with E-state index in [0.29, 0.717) is 35.6 Å². The van der Waals surface area contributed by atoms with Crippen LogP contribution in [0.2, 0.25) is 0 Å². The normalized spacial score (nSPS) is 14.8. The summed E-state index contributed by atoms with van der Waals surface area (Å²) in [5, 5.41) is 2.70. The molecule has 0 bridgehead atoms. The second kappa shape index (κ2) is 9.57. The van der Waals surface area contributed by atoms with Gasteiger partial charge in [0.05, 0.1) is 22.8 Å². The van der Waals surface area contributed by atoms with Crippen LogP contribution in [-0.2, 0) is 14.8 Å². The minimum Gasteiger partial charge on any atom is -0.462 e. The van der Waals surface area contributed by atoms with E-state index in [1.807, 2.05) is 0 Å². The van der Waals surface area contributed by atoms with E-state index in [0.717, 1.165) is 19.3 Å². The first-order chi connectivity index (χ1) is 14.7. The zero-order valence-corrected chi connectivity index (χ0v) is 18.8. The van der Waals surface area contributed by atoms with Crippen LogP contribution in [0.4, 0.5) is 5.69 Å². The van der Waals surface area contributed by atoms with Crippen LogP contribution < -0.4 is 5.32 Å². The first-order valence-corrected chi connectivity index (χ1v) is 11.7. The maximum absolute atomic E-state index is 13.1. The van der Waals surface area contributed by atoms with Crippen molar-refractivity contribution in [3.8, 4) is 0 Å². The third-order valence-electron chi connectivity index (χ3n) is 5.19. The molecule has 31 heavy (non-hydrogen) atoms. The molecular formula is C22H27N3O5S. The minimum absolute atomic E-state index is 0.117. The molecule has 1 saturated heterocycles. The number of aromatic nitrogens is 1. The molecule has 2 heterocycles. The fourth-order valence-corrected chi connectivity index (χ4v) is 5.28. The summed E-state index contributed by atoms with van der Waals surface area (Å²) in [6, 6.07) is 7.75. The summed E-state index contributed by atoms with van der Waals surface area (Å²) in [7, 11) is -3.63. The number of sulfonamides is 1. The van der Waals surface area contributed by atoms with E-state index >= 15 is 0 Å². The number of carbonyl (C=O) groups excluding carboxylic acids is 2. The molecule has 0 atom stereocenters. The van der Waals surface area contributed by atoms with Gasteiger partial charge in [0.1, 0.15) is 5.69 Å². The molecule has 1 aliphatic rings. The van der Waals surface area contributed by atoms with Crippen LogP contribution in [0.3, 0.4) is 0 Å². The Bertz CT molecular complexity index is 1090. The Labute approximate surface area is 182 Å². The fraction of sp³-hybridized carbons (Fsp3) is 0.409. The van der Waals surface area contributed by atoms with Gasteiger partial charge in [0.25, 0.3) is 5.91 Å². The van der Waals surface area contributed by atoms with Crippen LogP contribution in [-0.4, -0.2) is 49.3 Å². The van der Waals surface area contributed by atoms with Gasteiger partial charge < -0.3 is 10.1 Å². The first-order valence-electron chi connectivity index (χ1n) is 10.3. The quantitative estimate of drug-likeness (QED) is 0.684. The molecule has 0 aliphatic carbocycles. The average Bonchev–Trinajstić information content (AvgIpc) is 2.75. The fourth-order valence-electron chi connectivity index (χ4n) is 3.51. The van der Waals surface area contributed by atoms with Gasteiger partial charge in [-0.2, -0.15) is 4.31 Å². The molecule has 3 rings (SSSR count). The Morgan fingerprint density at radius 3 is 2.45 bits per heavy atom. The van der Waals surface area contributed by atoms with Crippen molar-refractivity contribution in [1.82, 2.24) is 9.29 Å². The SMILES string of the molecule is CCOC(=O)c1ccc(C(=O)Nc2ccc(C)c(S(=O)(=O)N3CCCCC3)c2)nc1C. The average molecular weight is 446 g/mol. The summed E-state index contributed by atoms with van der Waals surface area (Å²) in [5.74, 6) is -0.991. The molecule has 0 unspecified atom stereocenters. The van der Waals surface area contributed by atoms with Crippen LogP contribution in [0.15, 0.2) is 35.2 Å². The Hall–Kier alpha value is -2.78. The van der Waals surface area contributed by atoms with Gasteiger partial charge in [-0.3, -0.25) is 4.79 Å². The van der Waals surface area contributed by atoms with Gasteiger partial charge in [0.2, 0.25) is 10.0 Å². The molecule has 0 saturated carbocycles. The number of aryl methyl sites for hydroxylation is 2. The number of hydrogen-bond acceptors (Lipinski definition) is 6. The van der Waals surface area contributed by atoms with E-state index in [1.54, 1.807) is 32.9 Å². The van der Waals surface area contributed by atoms with E-state index in [9.17, 15) is 18.0 Å². The zero-order chi connectivity index (χ0) is 22.6. The number of esters is 1. The number of anilines is 1. The maximum atomic E-state index is 13.1. The van der Waals surface area contributed by atoms with Gasteiger partial charge in [-0.1, -0.05) is 12.5 Å². The van der Waals surface area contributed by atoms with Crippen LogP contribution in [0.25, 0.3) is 0 Å². The lowest BCUT2D eigenvalue weighted by Crippen LogP contribution is -2.36. The van der Waals surface area contributed by atoms with Gasteiger partial charge in [-0.25, -0.2) is 18.2 Å². The summed E-state index contributed by atoms with van der Waals surface area (Å²) >= 11 is 0. The summed E-state index contributed by atoms with van der Waals surface area (Å²) < 4.78 is 32.6. The largest absolute Gasteiger partial charge is 0.462 e. The Balaban J connectivity index is 1.82. The molecule has 166 valence electrons. The second-order valence-electron chi connectivity index (χ2n) is 7.45.